The molecule has 0 radical (unpaired) electrons. The Kier molecular flexibility index (Phi) is 5.53. The van der Waals surface area contributed by atoms with E-state index in [-0.39, 0.29) is 18.9 Å². The predicted octanol–water partition coefficient (Wildman–Crippen LogP) is 2.20. The monoisotopic (exact) mass is 417 g/mol. The number of aryl methyl sites for hydroxylation is 2. The second-order valence-corrected chi connectivity index (χ2v) is 7.35. The van der Waals surface area contributed by atoms with Gasteiger partial charge in [-0.05, 0) is 38.1 Å². The van der Waals surface area contributed by atoms with Crippen LogP contribution in [0.5, 0.6) is 0 Å². The minimum atomic E-state index is -0.521. The fraction of sp³-hybridized carbons (Fsp3) is 0.217. The quantitative estimate of drug-likeness (QED) is 0.502. The van der Waals surface area contributed by atoms with Gasteiger partial charge in [-0.1, -0.05) is 30.3 Å². The number of hydrogen-bond acceptors (Lipinski definition) is 4. The Morgan fingerprint density at radius 1 is 1.03 bits per heavy atom. The number of aromatic nitrogens is 4. The van der Waals surface area contributed by atoms with Gasteiger partial charge in [0.05, 0.1) is 22.3 Å². The van der Waals surface area contributed by atoms with Gasteiger partial charge in [0.1, 0.15) is 0 Å². The average molecular weight is 417 g/mol. The van der Waals surface area contributed by atoms with Gasteiger partial charge in [-0.3, -0.25) is 19.1 Å². The molecule has 4 rings (SSSR count). The maximum Gasteiger partial charge on any atom is 0.328 e. The Morgan fingerprint density at radius 3 is 2.52 bits per heavy atom. The van der Waals surface area contributed by atoms with Gasteiger partial charge in [0.25, 0.3) is 5.56 Å². The van der Waals surface area contributed by atoms with E-state index in [1.54, 1.807) is 24.3 Å². The second kappa shape index (κ2) is 8.43. The van der Waals surface area contributed by atoms with Crippen molar-refractivity contribution in [2.45, 2.75) is 33.4 Å². The summed E-state index contributed by atoms with van der Waals surface area (Å²) in [6, 6.07) is 16.7. The van der Waals surface area contributed by atoms with Gasteiger partial charge < -0.3 is 5.32 Å². The number of fused-ring (bicyclic) bond motifs is 1. The van der Waals surface area contributed by atoms with Crippen LogP contribution in [0.4, 0.5) is 0 Å². The number of carbonyl (C=O) groups is 1. The molecular weight excluding hydrogens is 394 g/mol. The number of aromatic amines is 1. The highest BCUT2D eigenvalue weighted by atomic mass is 16.2. The van der Waals surface area contributed by atoms with Crippen LogP contribution in [0.3, 0.4) is 0 Å². The maximum atomic E-state index is 12.5. The molecule has 1 amide bonds. The van der Waals surface area contributed by atoms with Gasteiger partial charge in [-0.15, -0.1) is 0 Å². The smallest absolute Gasteiger partial charge is 0.328 e. The molecule has 31 heavy (non-hydrogen) atoms. The number of H-pyrrole nitrogens is 1. The van der Waals surface area contributed by atoms with Crippen LogP contribution >= 0.6 is 0 Å². The van der Waals surface area contributed by atoms with Gasteiger partial charge >= 0.3 is 5.69 Å². The van der Waals surface area contributed by atoms with E-state index < -0.39 is 11.2 Å². The molecular formula is C23H23N5O3. The number of rotatable bonds is 6. The lowest BCUT2D eigenvalue weighted by Gasteiger charge is -2.10. The number of nitrogens with zero attached hydrogens (tertiary/aromatic N) is 3. The lowest BCUT2D eigenvalue weighted by molar-refractivity contribution is -0.121. The lowest BCUT2D eigenvalue weighted by atomic mass is 10.2. The highest BCUT2D eigenvalue weighted by Gasteiger charge is 2.14. The number of amides is 1. The van der Waals surface area contributed by atoms with Crippen LogP contribution in [-0.4, -0.2) is 25.2 Å². The average Bonchev–Trinajstić information content (AvgIpc) is 3.06. The molecule has 8 nitrogen and oxygen atoms in total. The molecule has 0 atom stereocenters. The van der Waals surface area contributed by atoms with Crippen molar-refractivity contribution < 1.29 is 4.79 Å². The summed E-state index contributed by atoms with van der Waals surface area (Å²) in [7, 11) is 0. The van der Waals surface area contributed by atoms with Crippen LogP contribution in [0.15, 0.2) is 64.2 Å². The maximum absolute atomic E-state index is 12.5. The van der Waals surface area contributed by atoms with Crippen LogP contribution in [0.2, 0.25) is 0 Å². The van der Waals surface area contributed by atoms with E-state index in [1.165, 1.54) is 4.57 Å². The minimum Gasteiger partial charge on any atom is -0.352 e. The van der Waals surface area contributed by atoms with Crippen molar-refractivity contribution in [3.05, 3.63) is 92.4 Å². The molecule has 0 aliphatic rings. The van der Waals surface area contributed by atoms with Crippen molar-refractivity contribution >= 4 is 16.8 Å². The Bertz CT molecular complexity index is 1370. The van der Waals surface area contributed by atoms with Crippen molar-refractivity contribution in [1.29, 1.82) is 0 Å². The Hall–Kier alpha value is -3.94. The zero-order valence-electron chi connectivity index (χ0n) is 17.4. The van der Waals surface area contributed by atoms with Crippen molar-refractivity contribution in [3.8, 4) is 5.69 Å². The van der Waals surface area contributed by atoms with E-state index in [0.717, 1.165) is 22.6 Å². The van der Waals surface area contributed by atoms with Crippen LogP contribution < -0.4 is 16.6 Å². The van der Waals surface area contributed by atoms with E-state index in [0.29, 0.717) is 17.4 Å². The molecule has 2 N–H and O–H groups in total. The third-order valence-electron chi connectivity index (χ3n) is 5.37. The Labute approximate surface area is 178 Å². The van der Waals surface area contributed by atoms with E-state index in [9.17, 15) is 14.4 Å². The first-order chi connectivity index (χ1) is 15.0. The summed E-state index contributed by atoms with van der Waals surface area (Å²) in [5.41, 5.74) is 3.31. The first-order valence-corrected chi connectivity index (χ1v) is 10.0. The fourth-order valence-corrected chi connectivity index (χ4v) is 3.70. The molecule has 158 valence electrons. The molecule has 0 aliphatic carbocycles. The summed E-state index contributed by atoms with van der Waals surface area (Å²) in [6.45, 7) is 4.41. The van der Waals surface area contributed by atoms with Crippen LogP contribution in [0.25, 0.3) is 16.6 Å². The topological polar surface area (TPSA) is 102 Å². The van der Waals surface area contributed by atoms with E-state index in [2.05, 4.69) is 15.4 Å². The molecule has 0 saturated carbocycles. The second-order valence-electron chi connectivity index (χ2n) is 7.35. The van der Waals surface area contributed by atoms with Crippen molar-refractivity contribution in [2.24, 2.45) is 0 Å². The minimum absolute atomic E-state index is 0.112. The molecule has 0 aliphatic heterocycles. The van der Waals surface area contributed by atoms with E-state index in [4.69, 9.17) is 0 Å². The highest BCUT2D eigenvalue weighted by molar-refractivity contribution is 5.78. The lowest BCUT2D eigenvalue weighted by Crippen LogP contribution is -2.32. The standard InChI is InChI=1S/C23H23N5O3/c1-15-19(16(2)28(26-15)17-8-4-3-5-9-17)14-24-21(29)12-13-27-20-11-7-6-10-18(20)22(30)25-23(27)31/h3-11H,12-14H2,1-2H3,(H,24,29)(H,25,30,31). The van der Waals surface area contributed by atoms with Crippen LogP contribution in [0, 0.1) is 13.8 Å². The molecule has 0 saturated heterocycles. The van der Waals surface area contributed by atoms with E-state index >= 15 is 0 Å². The van der Waals surface area contributed by atoms with Crippen LogP contribution in [0.1, 0.15) is 23.4 Å². The molecule has 2 aromatic carbocycles. The van der Waals surface area contributed by atoms with Gasteiger partial charge in [-0.2, -0.15) is 5.10 Å². The zero-order valence-corrected chi connectivity index (χ0v) is 17.4. The van der Waals surface area contributed by atoms with Gasteiger partial charge in [-0.25, -0.2) is 9.48 Å². The van der Waals surface area contributed by atoms with Gasteiger partial charge in [0.15, 0.2) is 0 Å². The number of carbonyl (C=O) groups excluding carboxylic acids is 1. The van der Waals surface area contributed by atoms with Crippen LogP contribution in [-0.2, 0) is 17.9 Å². The number of para-hydroxylation sites is 2. The summed E-state index contributed by atoms with van der Waals surface area (Å²) in [6.07, 6.45) is 0.112. The third kappa shape index (κ3) is 4.05. The summed E-state index contributed by atoms with van der Waals surface area (Å²) < 4.78 is 3.28. The zero-order chi connectivity index (χ0) is 22.0. The Morgan fingerprint density at radius 2 is 1.74 bits per heavy atom. The summed E-state index contributed by atoms with van der Waals surface area (Å²) in [5, 5.41) is 7.93. The summed E-state index contributed by atoms with van der Waals surface area (Å²) in [5.74, 6) is -0.187. The summed E-state index contributed by atoms with van der Waals surface area (Å²) >= 11 is 0. The largest absolute Gasteiger partial charge is 0.352 e. The molecule has 4 aromatic rings. The third-order valence-corrected chi connectivity index (χ3v) is 5.37. The van der Waals surface area contributed by atoms with E-state index in [1.807, 2.05) is 48.9 Å². The molecule has 0 fully saturated rings. The first-order valence-electron chi connectivity index (χ1n) is 10.0. The molecule has 2 heterocycles. The number of hydrogen-bond donors (Lipinski definition) is 2. The van der Waals surface area contributed by atoms with Crippen molar-refractivity contribution in [1.82, 2.24) is 24.6 Å². The fourth-order valence-electron chi connectivity index (χ4n) is 3.70. The van der Waals surface area contributed by atoms with Gasteiger partial charge in [0, 0.05) is 30.8 Å². The summed E-state index contributed by atoms with van der Waals surface area (Å²) in [4.78, 5) is 39.0. The number of nitrogens with one attached hydrogen (secondary N) is 2. The van der Waals surface area contributed by atoms with Crippen molar-refractivity contribution in [2.75, 3.05) is 0 Å². The molecule has 0 bridgehead atoms. The molecule has 0 spiro atoms. The molecule has 8 heteroatoms. The Balaban J connectivity index is 1.46. The molecule has 0 unspecified atom stereocenters. The first kappa shape index (κ1) is 20.3. The number of benzene rings is 2. The molecule has 2 aromatic heterocycles. The van der Waals surface area contributed by atoms with Crippen molar-refractivity contribution in [3.63, 3.8) is 0 Å². The predicted molar refractivity (Wildman–Crippen MR) is 118 cm³/mol. The van der Waals surface area contributed by atoms with Gasteiger partial charge in [0.2, 0.25) is 5.91 Å². The SMILES string of the molecule is Cc1nn(-c2ccccc2)c(C)c1CNC(=O)CCn1c(=O)[nH]c(=O)c2ccccc21. The normalized spacial score (nSPS) is 11.0. The highest BCUT2D eigenvalue weighted by Crippen LogP contribution is 2.17.